The number of ether oxygens (including phenoxy) is 4. The molecule has 0 spiro atoms. The van der Waals surface area contributed by atoms with Crippen molar-refractivity contribution in [2.24, 2.45) is 28.9 Å². The molecule has 0 radical (unpaired) electrons. The lowest BCUT2D eigenvalue weighted by Crippen LogP contribution is -2.66. The fourth-order valence-electron chi connectivity index (χ4n) is 5.11. The monoisotopic (exact) mass is 466 g/mol. The Hall–Kier alpha value is -0.560. The topological polar surface area (TPSA) is 262 Å². The molecule has 0 aromatic carbocycles. The SMILES string of the molecule is NC[C@H]1O[C@@H](OC2C(O)[C@H](N)CC(N)[C@H]2O[C@H]2OC(CO)[C@]3(O)C(O)C3C2N)C(O)C1O. The molecule has 2 aliphatic carbocycles. The Balaban J connectivity index is 1.52. The molecule has 2 saturated carbocycles. The van der Waals surface area contributed by atoms with Crippen LogP contribution in [0.25, 0.3) is 0 Å². The van der Waals surface area contributed by atoms with Gasteiger partial charge in [0, 0.05) is 24.5 Å². The molecule has 4 rings (SSSR count). The van der Waals surface area contributed by atoms with Crippen molar-refractivity contribution in [1.29, 1.82) is 0 Å². The number of aliphatic hydroxyl groups excluding tert-OH is 5. The maximum atomic E-state index is 10.7. The maximum Gasteiger partial charge on any atom is 0.187 e. The van der Waals surface area contributed by atoms with Crippen LogP contribution in [0.2, 0.25) is 0 Å². The molecule has 4 aliphatic rings. The second-order valence-corrected chi connectivity index (χ2v) is 9.13. The van der Waals surface area contributed by atoms with Crippen LogP contribution in [0.15, 0.2) is 0 Å². The average Bonchev–Trinajstić information content (AvgIpc) is 3.22. The summed E-state index contributed by atoms with van der Waals surface area (Å²) in [5.41, 5.74) is 22.2. The Morgan fingerprint density at radius 1 is 0.875 bits per heavy atom. The predicted octanol–water partition coefficient (Wildman–Crippen LogP) is -6.65. The molecule has 15 atom stereocenters. The van der Waals surface area contributed by atoms with E-state index >= 15 is 0 Å². The molecule has 4 fully saturated rings. The molecular weight excluding hydrogens is 432 g/mol. The molecule has 0 aromatic rings. The Morgan fingerprint density at radius 3 is 2.12 bits per heavy atom. The Bertz CT molecular complexity index is 676. The lowest BCUT2D eigenvalue weighted by molar-refractivity contribution is -0.299. The number of nitrogens with two attached hydrogens (primary N) is 4. The smallest absolute Gasteiger partial charge is 0.187 e. The maximum absolute atomic E-state index is 10.7. The first kappa shape index (κ1) is 24.6. The molecule has 14 nitrogen and oxygen atoms in total. The van der Waals surface area contributed by atoms with E-state index < -0.39 is 97.7 Å². The number of fused-ring (bicyclic) bond motifs is 1. The van der Waals surface area contributed by atoms with Gasteiger partial charge in [0.05, 0.1) is 24.9 Å². The standard InChI is InChI=1S/C18H34N4O10/c19-2-6-11(25)12(26)17(29-6)32-14-10(24)4(20)1-5(21)13(14)31-16-9(22)8-15(27)18(8,28)7(3-23)30-16/h4-17,23-28H,1-3,19-22H2/t4-,5?,6-,7?,8?,9?,10?,11?,12?,13-,14?,15?,16-,17+,18-/m1/s1. The van der Waals surface area contributed by atoms with Crippen molar-refractivity contribution in [3.8, 4) is 0 Å². The molecule has 2 heterocycles. The van der Waals surface area contributed by atoms with Crippen LogP contribution in [0.3, 0.4) is 0 Å². The van der Waals surface area contributed by atoms with Crippen LogP contribution in [0.4, 0.5) is 0 Å². The van der Waals surface area contributed by atoms with E-state index in [0.29, 0.717) is 0 Å². The highest BCUT2D eigenvalue weighted by Crippen LogP contribution is 2.53. The molecule has 0 aromatic heterocycles. The van der Waals surface area contributed by atoms with Gasteiger partial charge in [-0.15, -0.1) is 0 Å². The van der Waals surface area contributed by atoms with E-state index in [1.807, 2.05) is 0 Å². The molecule has 2 aliphatic heterocycles. The van der Waals surface area contributed by atoms with Crippen LogP contribution in [0.1, 0.15) is 6.42 Å². The van der Waals surface area contributed by atoms with Crippen molar-refractivity contribution in [3.63, 3.8) is 0 Å². The number of aliphatic hydroxyl groups is 6. The number of hydrogen-bond donors (Lipinski definition) is 10. The van der Waals surface area contributed by atoms with E-state index in [0.717, 1.165) is 0 Å². The third-order valence-electron chi connectivity index (χ3n) is 7.15. The second kappa shape index (κ2) is 8.90. The summed E-state index contributed by atoms with van der Waals surface area (Å²) in [6, 6.07) is -2.49. The zero-order chi connectivity index (χ0) is 23.5. The van der Waals surface area contributed by atoms with Crippen LogP contribution in [-0.2, 0) is 18.9 Å². The molecule has 2 saturated heterocycles. The van der Waals surface area contributed by atoms with Crippen LogP contribution in [-0.4, -0.2) is 129 Å². The van der Waals surface area contributed by atoms with Crippen LogP contribution in [0.5, 0.6) is 0 Å². The van der Waals surface area contributed by atoms with Crippen molar-refractivity contribution in [2.75, 3.05) is 13.2 Å². The van der Waals surface area contributed by atoms with E-state index in [1.54, 1.807) is 0 Å². The summed E-state index contributed by atoms with van der Waals surface area (Å²) in [7, 11) is 0. The van der Waals surface area contributed by atoms with Gasteiger partial charge >= 0.3 is 0 Å². The van der Waals surface area contributed by atoms with Gasteiger partial charge in [-0.25, -0.2) is 0 Å². The summed E-state index contributed by atoms with van der Waals surface area (Å²) in [6.45, 7) is -0.647. The van der Waals surface area contributed by atoms with Crippen LogP contribution in [0, 0.1) is 5.92 Å². The second-order valence-electron chi connectivity index (χ2n) is 9.13. The highest BCUT2D eigenvalue weighted by Gasteiger charge is 2.74. The summed E-state index contributed by atoms with van der Waals surface area (Å²) < 4.78 is 22.8. The first-order valence-electron chi connectivity index (χ1n) is 10.7. The molecule has 14 heteroatoms. The summed E-state index contributed by atoms with van der Waals surface area (Å²) >= 11 is 0. The van der Waals surface area contributed by atoms with Crippen molar-refractivity contribution < 1.29 is 49.6 Å². The van der Waals surface area contributed by atoms with Crippen molar-refractivity contribution in [3.05, 3.63) is 0 Å². The van der Waals surface area contributed by atoms with Gasteiger partial charge in [0.25, 0.3) is 0 Å². The van der Waals surface area contributed by atoms with E-state index in [-0.39, 0.29) is 13.0 Å². The Kier molecular flexibility index (Phi) is 6.83. The third-order valence-corrected chi connectivity index (χ3v) is 7.15. The van der Waals surface area contributed by atoms with Gasteiger partial charge < -0.3 is 72.5 Å². The molecule has 186 valence electrons. The van der Waals surface area contributed by atoms with Crippen molar-refractivity contribution in [1.82, 2.24) is 0 Å². The van der Waals surface area contributed by atoms with Gasteiger partial charge in [-0.2, -0.15) is 0 Å². The highest BCUT2D eigenvalue weighted by atomic mass is 16.7. The third kappa shape index (κ3) is 3.77. The minimum absolute atomic E-state index is 0.0653. The summed E-state index contributed by atoms with van der Waals surface area (Å²) in [5.74, 6) is -0.787. The van der Waals surface area contributed by atoms with Gasteiger partial charge in [-0.05, 0) is 6.42 Å². The minimum atomic E-state index is -1.67. The van der Waals surface area contributed by atoms with E-state index in [1.165, 1.54) is 0 Å². The van der Waals surface area contributed by atoms with Gasteiger partial charge in [0.15, 0.2) is 12.6 Å². The van der Waals surface area contributed by atoms with Gasteiger partial charge in [-0.1, -0.05) is 0 Å². The summed E-state index contributed by atoms with van der Waals surface area (Å²) in [6.07, 6.45) is -11.8. The lowest BCUT2D eigenvalue weighted by Gasteiger charge is -2.46. The van der Waals surface area contributed by atoms with Crippen molar-refractivity contribution >= 4 is 0 Å². The fourth-order valence-corrected chi connectivity index (χ4v) is 5.11. The first-order chi connectivity index (χ1) is 15.1. The van der Waals surface area contributed by atoms with E-state index in [4.69, 9.17) is 41.9 Å². The van der Waals surface area contributed by atoms with Crippen LogP contribution >= 0.6 is 0 Å². The number of hydrogen-bond acceptors (Lipinski definition) is 14. The normalized spacial score (nSPS) is 57.9. The van der Waals surface area contributed by atoms with Gasteiger partial charge in [0.1, 0.15) is 42.2 Å². The molecule has 0 amide bonds. The molecule has 32 heavy (non-hydrogen) atoms. The quantitative estimate of drug-likeness (QED) is 0.174. The fraction of sp³-hybridized carbons (Fsp3) is 1.00. The molecular formula is C18H34N4O10. The molecule has 14 N–H and O–H groups in total. The number of rotatable bonds is 6. The van der Waals surface area contributed by atoms with Gasteiger partial charge in [-0.3, -0.25) is 0 Å². The zero-order valence-corrected chi connectivity index (χ0v) is 17.3. The molecule has 9 unspecified atom stereocenters. The molecule has 0 bridgehead atoms. The average molecular weight is 466 g/mol. The predicted molar refractivity (Wildman–Crippen MR) is 104 cm³/mol. The zero-order valence-electron chi connectivity index (χ0n) is 17.3. The Morgan fingerprint density at radius 2 is 1.53 bits per heavy atom. The van der Waals surface area contributed by atoms with E-state index in [2.05, 4.69) is 0 Å². The van der Waals surface area contributed by atoms with E-state index in [9.17, 15) is 30.6 Å². The summed E-state index contributed by atoms with van der Waals surface area (Å²) in [5, 5.41) is 61.2. The first-order valence-corrected chi connectivity index (χ1v) is 10.7. The Labute approximate surface area is 183 Å². The van der Waals surface area contributed by atoms with Crippen LogP contribution < -0.4 is 22.9 Å². The minimum Gasteiger partial charge on any atom is -0.394 e. The van der Waals surface area contributed by atoms with Crippen molar-refractivity contribution in [2.45, 2.75) is 91.6 Å². The summed E-state index contributed by atoms with van der Waals surface area (Å²) in [4.78, 5) is 0. The lowest BCUT2D eigenvalue weighted by atomic mass is 9.84. The largest absolute Gasteiger partial charge is 0.394 e. The highest BCUT2D eigenvalue weighted by molar-refractivity contribution is 5.23. The van der Waals surface area contributed by atoms with Gasteiger partial charge in [0.2, 0.25) is 0 Å².